The number of benzene rings is 1. The zero-order valence-corrected chi connectivity index (χ0v) is 13.3. The van der Waals surface area contributed by atoms with Crippen molar-refractivity contribution in [1.82, 2.24) is 10.3 Å². The number of hydrogen-bond acceptors (Lipinski definition) is 5. The van der Waals surface area contributed by atoms with Crippen molar-refractivity contribution in [3.05, 3.63) is 36.0 Å². The van der Waals surface area contributed by atoms with E-state index < -0.39 is 9.84 Å². The Morgan fingerprint density at radius 3 is 2.57 bits per heavy atom. The van der Waals surface area contributed by atoms with Crippen LogP contribution in [0.2, 0.25) is 0 Å². The van der Waals surface area contributed by atoms with E-state index in [1.807, 2.05) is 31.2 Å². The van der Waals surface area contributed by atoms with E-state index in [4.69, 9.17) is 4.74 Å². The smallest absolute Gasteiger partial charge is 0.221 e. The van der Waals surface area contributed by atoms with Gasteiger partial charge in [-0.2, -0.15) is 0 Å². The molecule has 0 spiro atoms. The number of fused-ring (bicyclic) bond motifs is 1. The molecule has 0 aliphatic rings. The van der Waals surface area contributed by atoms with Gasteiger partial charge in [-0.25, -0.2) is 13.4 Å². The summed E-state index contributed by atoms with van der Waals surface area (Å²) in [5.41, 5.74) is 1.03. The monoisotopic (exact) mass is 308 g/mol. The minimum Gasteiger partial charge on any atom is -0.481 e. The molecule has 5 nitrogen and oxygen atoms in total. The van der Waals surface area contributed by atoms with Crippen LogP contribution in [-0.2, 0) is 9.84 Å². The van der Waals surface area contributed by atoms with Gasteiger partial charge in [0.1, 0.15) is 9.84 Å². The minimum atomic E-state index is -2.95. The van der Waals surface area contributed by atoms with Gasteiger partial charge < -0.3 is 10.1 Å². The number of aromatic nitrogens is 1. The first kappa shape index (κ1) is 15.7. The van der Waals surface area contributed by atoms with Crippen LogP contribution >= 0.6 is 0 Å². The Kier molecular flexibility index (Phi) is 4.80. The highest BCUT2D eigenvalue weighted by Gasteiger charge is 2.13. The number of hydrogen-bond donors (Lipinski definition) is 1. The molecule has 0 saturated carbocycles. The van der Waals surface area contributed by atoms with Crippen LogP contribution in [0.1, 0.15) is 18.5 Å². The number of nitrogens with zero attached hydrogens (tertiary/aromatic N) is 1. The third-order valence-electron chi connectivity index (χ3n) is 3.37. The normalized spacial score (nSPS) is 13.3. The molecular formula is C15H20N2O3S. The fourth-order valence-electron chi connectivity index (χ4n) is 2.27. The lowest BCUT2D eigenvalue weighted by Crippen LogP contribution is -2.25. The fraction of sp³-hybridized carbons (Fsp3) is 0.400. The van der Waals surface area contributed by atoms with Gasteiger partial charge in [-0.3, -0.25) is 0 Å². The van der Waals surface area contributed by atoms with Crippen molar-refractivity contribution in [1.29, 1.82) is 0 Å². The minimum absolute atomic E-state index is 0.00931. The Labute approximate surface area is 125 Å². The van der Waals surface area contributed by atoms with Crippen molar-refractivity contribution in [2.24, 2.45) is 0 Å². The number of methoxy groups -OCH3 is 1. The van der Waals surface area contributed by atoms with E-state index in [0.717, 1.165) is 16.3 Å². The van der Waals surface area contributed by atoms with Gasteiger partial charge in [0.2, 0.25) is 5.88 Å². The molecule has 1 heterocycles. The topological polar surface area (TPSA) is 68.3 Å². The van der Waals surface area contributed by atoms with Crippen molar-refractivity contribution < 1.29 is 13.2 Å². The lowest BCUT2D eigenvalue weighted by atomic mass is 10.0. The predicted octanol–water partition coefficient (Wildman–Crippen LogP) is 1.94. The van der Waals surface area contributed by atoms with Gasteiger partial charge in [0.05, 0.1) is 12.9 Å². The van der Waals surface area contributed by atoms with Gasteiger partial charge in [0, 0.05) is 30.4 Å². The molecule has 1 N–H and O–H groups in total. The molecule has 1 atom stereocenters. The first-order valence-electron chi connectivity index (χ1n) is 6.75. The highest BCUT2D eigenvalue weighted by Crippen LogP contribution is 2.29. The quantitative estimate of drug-likeness (QED) is 0.883. The number of nitrogens with one attached hydrogen (secondary N) is 1. The van der Waals surface area contributed by atoms with Crippen LogP contribution in [0, 0.1) is 0 Å². The molecule has 6 heteroatoms. The van der Waals surface area contributed by atoms with Crippen molar-refractivity contribution >= 4 is 20.6 Å². The summed E-state index contributed by atoms with van der Waals surface area (Å²) in [6.45, 7) is 2.42. The second kappa shape index (κ2) is 6.41. The highest BCUT2D eigenvalue weighted by molar-refractivity contribution is 7.90. The van der Waals surface area contributed by atoms with Gasteiger partial charge in [0.15, 0.2) is 0 Å². The van der Waals surface area contributed by atoms with E-state index in [-0.39, 0.29) is 11.8 Å². The first-order chi connectivity index (χ1) is 9.92. The number of ether oxygens (including phenoxy) is 1. The van der Waals surface area contributed by atoms with Crippen molar-refractivity contribution in [3.8, 4) is 5.88 Å². The molecule has 2 aromatic rings. The second-order valence-corrected chi connectivity index (χ2v) is 7.33. The average molecular weight is 308 g/mol. The number of sulfone groups is 1. The van der Waals surface area contributed by atoms with Gasteiger partial charge in [-0.15, -0.1) is 0 Å². The number of rotatable bonds is 6. The van der Waals surface area contributed by atoms with E-state index in [2.05, 4.69) is 10.3 Å². The molecule has 0 aliphatic carbocycles. The molecule has 0 saturated heterocycles. The highest BCUT2D eigenvalue weighted by atomic mass is 32.2. The fourth-order valence-corrected chi connectivity index (χ4v) is 2.76. The summed E-state index contributed by atoms with van der Waals surface area (Å²) in [4.78, 5) is 4.32. The van der Waals surface area contributed by atoms with E-state index in [0.29, 0.717) is 12.4 Å². The molecular weight excluding hydrogens is 288 g/mol. The zero-order valence-electron chi connectivity index (χ0n) is 12.5. The van der Waals surface area contributed by atoms with Gasteiger partial charge in [-0.1, -0.05) is 18.2 Å². The van der Waals surface area contributed by atoms with E-state index >= 15 is 0 Å². The Morgan fingerprint density at radius 1 is 1.29 bits per heavy atom. The van der Waals surface area contributed by atoms with Crippen LogP contribution < -0.4 is 10.1 Å². The third kappa shape index (κ3) is 3.92. The molecule has 0 radical (unpaired) electrons. The molecule has 0 fully saturated rings. The maximum atomic E-state index is 11.2. The van der Waals surface area contributed by atoms with Crippen LogP contribution in [0.3, 0.4) is 0 Å². The maximum absolute atomic E-state index is 11.2. The summed E-state index contributed by atoms with van der Waals surface area (Å²) in [7, 11) is -1.35. The van der Waals surface area contributed by atoms with Gasteiger partial charge in [0.25, 0.3) is 0 Å². The number of pyridine rings is 1. The average Bonchev–Trinajstić information content (AvgIpc) is 2.44. The maximum Gasteiger partial charge on any atom is 0.221 e. The summed E-state index contributed by atoms with van der Waals surface area (Å²) >= 11 is 0. The van der Waals surface area contributed by atoms with Crippen LogP contribution in [-0.4, -0.2) is 39.1 Å². The van der Waals surface area contributed by atoms with Gasteiger partial charge >= 0.3 is 0 Å². The van der Waals surface area contributed by atoms with Crippen LogP contribution in [0.4, 0.5) is 0 Å². The Morgan fingerprint density at radius 2 is 1.95 bits per heavy atom. The molecule has 1 unspecified atom stereocenters. The zero-order chi connectivity index (χ0) is 15.5. The second-order valence-electron chi connectivity index (χ2n) is 5.07. The molecule has 114 valence electrons. The summed E-state index contributed by atoms with van der Waals surface area (Å²) in [6, 6.07) is 7.90. The molecule has 0 aliphatic heterocycles. The SMILES string of the molecule is COc1ncc(C(C)NCCS(C)(=O)=O)c2ccccc12. The van der Waals surface area contributed by atoms with Crippen molar-refractivity contribution in [3.63, 3.8) is 0 Å². The van der Waals surface area contributed by atoms with E-state index in [1.165, 1.54) is 6.26 Å². The van der Waals surface area contributed by atoms with Crippen LogP contribution in [0.5, 0.6) is 5.88 Å². The Balaban J connectivity index is 2.25. The molecule has 1 aromatic carbocycles. The molecule has 0 bridgehead atoms. The lowest BCUT2D eigenvalue weighted by molar-refractivity contribution is 0.403. The standard InChI is InChI=1S/C15H20N2O3S/c1-11(16-8-9-21(3,18)19)14-10-17-15(20-2)13-7-5-4-6-12(13)14/h4-7,10-11,16H,8-9H2,1-3H3. The Bertz CT molecular complexity index is 729. The Hall–Kier alpha value is -1.66. The van der Waals surface area contributed by atoms with E-state index in [9.17, 15) is 8.42 Å². The van der Waals surface area contributed by atoms with Gasteiger partial charge in [-0.05, 0) is 23.9 Å². The summed E-state index contributed by atoms with van der Waals surface area (Å²) in [5, 5.41) is 5.24. The van der Waals surface area contributed by atoms with E-state index in [1.54, 1.807) is 13.3 Å². The largest absolute Gasteiger partial charge is 0.481 e. The third-order valence-corrected chi connectivity index (χ3v) is 4.32. The predicted molar refractivity (Wildman–Crippen MR) is 84.4 cm³/mol. The summed E-state index contributed by atoms with van der Waals surface area (Å²) in [5.74, 6) is 0.719. The summed E-state index contributed by atoms with van der Waals surface area (Å²) in [6.07, 6.45) is 3.02. The van der Waals surface area contributed by atoms with Crippen molar-refractivity contribution in [2.45, 2.75) is 13.0 Å². The van der Waals surface area contributed by atoms with Crippen molar-refractivity contribution in [2.75, 3.05) is 25.7 Å². The lowest BCUT2D eigenvalue weighted by Gasteiger charge is -2.17. The molecule has 0 amide bonds. The van der Waals surface area contributed by atoms with Crippen LogP contribution in [0.15, 0.2) is 30.5 Å². The first-order valence-corrected chi connectivity index (χ1v) is 8.81. The van der Waals surface area contributed by atoms with Crippen LogP contribution in [0.25, 0.3) is 10.8 Å². The molecule has 1 aromatic heterocycles. The summed E-state index contributed by atoms with van der Waals surface area (Å²) < 4.78 is 27.6. The molecule has 21 heavy (non-hydrogen) atoms. The molecule has 2 rings (SSSR count).